The van der Waals surface area contributed by atoms with Crippen molar-refractivity contribution in [2.45, 2.75) is 32.7 Å². The molecule has 0 bridgehead atoms. The summed E-state index contributed by atoms with van der Waals surface area (Å²) in [6.07, 6.45) is 2.59. The Kier molecular flexibility index (Phi) is 3.83. The monoisotopic (exact) mass is 218 g/mol. The summed E-state index contributed by atoms with van der Waals surface area (Å²) >= 11 is 0. The zero-order valence-corrected chi connectivity index (χ0v) is 10.4. The van der Waals surface area contributed by atoms with E-state index in [4.69, 9.17) is 0 Å². The third-order valence-electron chi connectivity index (χ3n) is 3.48. The first-order valence-corrected chi connectivity index (χ1v) is 6.43. The summed E-state index contributed by atoms with van der Waals surface area (Å²) in [5.74, 6) is 0. The predicted octanol–water partition coefficient (Wildman–Crippen LogP) is 2.96. The highest BCUT2D eigenvalue weighted by molar-refractivity contribution is 5.47. The lowest BCUT2D eigenvalue weighted by atomic mass is 10.0. The normalized spacial score (nSPS) is 20.0. The lowest BCUT2D eigenvalue weighted by Crippen LogP contribution is -2.21. The van der Waals surface area contributed by atoms with Crippen molar-refractivity contribution in [2.75, 3.05) is 24.5 Å². The zero-order chi connectivity index (χ0) is 11.4. The standard InChI is InChI=1S/C14H22N2/c1-3-16(4-2)13-9-7-12(8-10-13)14-6-5-11-15-14/h7-10,14-15H,3-6,11H2,1-2H3/t14-/m1/s1. The van der Waals surface area contributed by atoms with Crippen LogP contribution in [0.2, 0.25) is 0 Å². The Morgan fingerprint density at radius 1 is 1.19 bits per heavy atom. The minimum absolute atomic E-state index is 0.589. The fourth-order valence-corrected chi connectivity index (χ4v) is 2.48. The summed E-state index contributed by atoms with van der Waals surface area (Å²) in [5.41, 5.74) is 2.78. The molecule has 0 spiro atoms. The SMILES string of the molecule is CCN(CC)c1ccc([C@H]2CCCN2)cc1. The number of nitrogens with zero attached hydrogens (tertiary/aromatic N) is 1. The first-order chi connectivity index (χ1) is 7.85. The van der Waals surface area contributed by atoms with Crippen LogP contribution in [0.3, 0.4) is 0 Å². The predicted molar refractivity (Wildman–Crippen MR) is 70.0 cm³/mol. The third-order valence-corrected chi connectivity index (χ3v) is 3.48. The zero-order valence-electron chi connectivity index (χ0n) is 10.4. The Hall–Kier alpha value is -1.02. The molecule has 1 aliphatic rings. The summed E-state index contributed by atoms with van der Waals surface area (Å²) in [7, 11) is 0. The molecular weight excluding hydrogens is 196 g/mol. The van der Waals surface area contributed by atoms with E-state index in [1.165, 1.54) is 30.6 Å². The minimum atomic E-state index is 0.589. The molecule has 0 saturated carbocycles. The Morgan fingerprint density at radius 2 is 1.88 bits per heavy atom. The molecule has 1 N–H and O–H groups in total. The molecule has 0 amide bonds. The number of hydrogen-bond donors (Lipinski definition) is 1. The van der Waals surface area contributed by atoms with Crippen molar-refractivity contribution >= 4 is 5.69 Å². The van der Waals surface area contributed by atoms with Gasteiger partial charge in [-0.3, -0.25) is 0 Å². The van der Waals surface area contributed by atoms with E-state index in [0.29, 0.717) is 6.04 Å². The molecule has 1 aliphatic heterocycles. The topological polar surface area (TPSA) is 15.3 Å². The molecule has 2 rings (SSSR count). The molecule has 1 aromatic carbocycles. The largest absolute Gasteiger partial charge is 0.372 e. The molecule has 0 aliphatic carbocycles. The van der Waals surface area contributed by atoms with E-state index in [1.807, 2.05) is 0 Å². The van der Waals surface area contributed by atoms with Crippen molar-refractivity contribution in [1.82, 2.24) is 5.32 Å². The first-order valence-electron chi connectivity index (χ1n) is 6.43. The van der Waals surface area contributed by atoms with Gasteiger partial charge >= 0.3 is 0 Å². The van der Waals surface area contributed by atoms with Gasteiger partial charge in [-0.1, -0.05) is 12.1 Å². The molecule has 16 heavy (non-hydrogen) atoms. The van der Waals surface area contributed by atoms with Gasteiger partial charge in [-0.05, 0) is 50.9 Å². The molecule has 0 unspecified atom stereocenters. The summed E-state index contributed by atoms with van der Waals surface area (Å²) in [6, 6.07) is 9.64. The van der Waals surface area contributed by atoms with Crippen molar-refractivity contribution in [2.24, 2.45) is 0 Å². The van der Waals surface area contributed by atoms with Crippen molar-refractivity contribution in [3.8, 4) is 0 Å². The molecule has 2 nitrogen and oxygen atoms in total. The highest BCUT2D eigenvalue weighted by atomic mass is 15.1. The highest BCUT2D eigenvalue weighted by Gasteiger charge is 2.15. The number of hydrogen-bond acceptors (Lipinski definition) is 2. The Bertz CT molecular complexity index is 287. The van der Waals surface area contributed by atoms with Gasteiger partial charge < -0.3 is 10.2 Å². The quantitative estimate of drug-likeness (QED) is 0.836. The van der Waals surface area contributed by atoms with E-state index in [0.717, 1.165) is 13.1 Å². The van der Waals surface area contributed by atoms with Crippen LogP contribution < -0.4 is 10.2 Å². The van der Waals surface area contributed by atoms with Crippen molar-refractivity contribution in [1.29, 1.82) is 0 Å². The summed E-state index contributed by atoms with van der Waals surface area (Å²) in [6.45, 7) is 7.74. The lowest BCUT2D eigenvalue weighted by Gasteiger charge is -2.21. The van der Waals surface area contributed by atoms with Gasteiger partial charge in [-0.15, -0.1) is 0 Å². The summed E-state index contributed by atoms with van der Waals surface area (Å²) < 4.78 is 0. The van der Waals surface area contributed by atoms with Crippen LogP contribution >= 0.6 is 0 Å². The average molecular weight is 218 g/mol. The van der Waals surface area contributed by atoms with Gasteiger partial charge in [0.15, 0.2) is 0 Å². The van der Waals surface area contributed by atoms with Crippen molar-refractivity contribution in [3.05, 3.63) is 29.8 Å². The number of benzene rings is 1. The second-order valence-electron chi connectivity index (χ2n) is 4.41. The maximum absolute atomic E-state index is 3.54. The first kappa shape index (κ1) is 11.5. The maximum Gasteiger partial charge on any atom is 0.0366 e. The van der Waals surface area contributed by atoms with Crippen LogP contribution in [0.1, 0.15) is 38.3 Å². The second-order valence-corrected chi connectivity index (χ2v) is 4.41. The molecule has 0 aromatic heterocycles. The van der Waals surface area contributed by atoms with E-state index in [-0.39, 0.29) is 0 Å². The van der Waals surface area contributed by atoms with Gasteiger partial charge in [-0.25, -0.2) is 0 Å². The second kappa shape index (κ2) is 5.35. The van der Waals surface area contributed by atoms with Crippen LogP contribution in [0.4, 0.5) is 5.69 Å². The molecule has 1 heterocycles. The van der Waals surface area contributed by atoms with Gasteiger partial charge in [-0.2, -0.15) is 0 Å². The molecule has 88 valence electrons. The minimum Gasteiger partial charge on any atom is -0.372 e. The summed E-state index contributed by atoms with van der Waals surface area (Å²) in [5, 5.41) is 3.54. The van der Waals surface area contributed by atoms with Crippen LogP contribution in [-0.2, 0) is 0 Å². The third kappa shape index (κ3) is 2.38. The number of anilines is 1. The smallest absolute Gasteiger partial charge is 0.0366 e. The van der Waals surface area contributed by atoms with Gasteiger partial charge in [0, 0.05) is 24.8 Å². The Labute approximate surface area is 98.7 Å². The van der Waals surface area contributed by atoms with E-state index < -0.39 is 0 Å². The summed E-state index contributed by atoms with van der Waals surface area (Å²) in [4.78, 5) is 2.38. The van der Waals surface area contributed by atoms with E-state index >= 15 is 0 Å². The Morgan fingerprint density at radius 3 is 2.38 bits per heavy atom. The van der Waals surface area contributed by atoms with Gasteiger partial charge in [0.2, 0.25) is 0 Å². The molecule has 1 fully saturated rings. The van der Waals surface area contributed by atoms with Crippen LogP contribution in [0.25, 0.3) is 0 Å². The number of nitrogens with one attached hydrogen (secondary N) is 1. The Balaban J connectivity index is 2.09. The molecule has 1 aromatic rings. The van der Waals surface area contributed by atoms with Gasteiger partial charge in [0.1, 0.15) is 0 Å². The highest BCUT2D eigenvalue weighted by Crippen LogP contribution is 2.25. The van der Waals surface area contributed by atoms with Crippen LogP contribution in [0.15, 0.2) is 24.3 Å². The molecule has 1 atom stereocenters. The van der Waals surface area contributed by atoms with Gasteiger partial charge in [0.05, 0.1) is 0 Å². The van der Waals surface area contributed by atoms with Crippen LogP contribution in [-0.4, -0.2) is 19.6 Å². The van der Waals surface area contributed by atoms with Crippen molar-refractivity contribution < 1.29 is 0 Å². The van der Waals surface area contributed by atoms with E-state index in [2.05, 4.69) is 48.3 Å². The van der Waals surface area contributed by atoms with Gasteiger partial charge in [0.25, 0.3) is 0 Å². The van der Waals surface area contributed by atoms with Crippen LogP contribution in [0.5, 0.6) is 0 Å². The average Bonchev–Trinajstić information content (AvgIpc) is 2.85. The molecule has 0 radical (unpaired) electrons. The lowest BCUT2D eigenvalue weighted by molar-refractivity contribution is 0.647. The fraction of sp³-hybridized carbons (Fsp3) is 0.571. The van der Waals surface area contributed by atoms with Crippen LogP contribution in [0, 0.1) is 0 Å². The molecule has 1 saturated heterocycles. The molecular formula is C14H22N2. The van der Waals surface area contributed by atoms with E-state index in [1.54, 1.807) is 0 Å². The fourth-order valence-electron chi connectivity index (χ4n) is 2.48. The molecule has 2 heteroatoms. The van der Waals surface area contributed by atoms with Crippen molar-refractivity contribution in [3.63, 3.8) is 0 Å². The maximum atomic E-state index is 3.54. The van der Waals surface area contributed by atoms with E-state index in [9.17, 15) is 0 Å². The number of rotatable bonds is 4.